The number of aliphatic hydroxyl groups is 1. The first-order chi connectivity index (χ1) is 6.17. The lowest BCUT2D eigenvalue weighted by atomic mass is 9.94. The maximum absolute atomic E-state index is 9.80. The molecule has 4 heteroatoms. The van der Waals surface area contributed by atoms with Gasteiger partial charge in [0.1, 0.15) is 0 Å². The van der Waals surface area contributed by atoms with E-state index in [0.717, 1.165) is 12.8 Å². The lowest BCUT2D eigenvalue weighted by Gasteiger charge is -2.31. The number of ether oxygens (including phenoxy) is 2. The Balaban J connectivity index is 2.31. The van der Waals surface area contributed by atoms with E-state index in [4.69, 9.17) is 15.2 Å². The number of methoxy groups -OCH3 is 2. The molecule has 0 spiro atoms. The van der Waals surface area contributed by atoms with Crippen molar-refractivity contribution in [3.8, 4) is 0 Å². The fraction of sp³-hybridized carbons (Fsp3) is 1.00. The van der Waals surface area contributed by atoms with Crippen molar-refractivity contribution in [1.82, 2.24) is 0 Å². The SMILES string of the molecule is COC1(OC)C2CCC1C(O)C2N. The standard InChI is InChI=1S/C9H17NO3/c1-12-9(13-2)5-3-4-6(9)8(11)7(5)10/h5-8,11H,3-4,10H2,1-2H3. The highest BCUT2D eigenvalue weighted by atomic mass is 16.7. The Labute approximate surface area is 78.0 Å². The van der Waals surface area contributed by atoms with E-state index in [1.54, 1.807) is 14.2 Å². The highest BCUT2D eigenvalue weighted by Gasteiger charge is 2.64. The summed E-state index contributed by atoms with van der Waals surface area (Å²) >= 11 is 0. The summed E-state index contributed by atoms with van der Waals surface area (Å²) in [5.41, 5.74) is 5.88. The van der Waals surface area contributed by atoms with Crippen molar-refractivity contribution in [2.24, 2.45) is 17.6 Å². The molecule has 4 nitrogen and oxygen atoms in total. The van der Waals surface area contributed by atoms with Gasteiger partial charge in [0.15, 0.2) is 5.79 Å². The smallest absolute Gasteiger partial charge is 0.177 e. The predicted octanol–water partition coefficient (Wildman–Crippen LogP) is -0.296. The maximum atomic E-state index is 9.80. The van der Waals surface area contributed by atoms with E-state index in [-0.39, 0.29) is 17.9 Å². The molecule has 2 rings (SSSR count). The van der Waals surface area contributed by atoms with Gasteiger partial charge in [0.2, 0.25) is 0 Å². The van der Waals surface area contributed by atoms with Gasteiger partial charge in [-0.15, -0.1) is 0 Å². The van der Waals surface area contributed by atoms with Crippen molar-refractivity contribution in [2.45, 2.75) is 30.8 Å². The number of hydrogen-bond donors (Lipinski definition) is 2. The molecule has 76 valence electrons. The second-order valence-corrected chi connectivity index (χ2v) is 3.99. The Morgan fingerprint density at radius 2 is 1.77 bits per heavy atom. The van der Waals surface area contributed by atoms with Crippen LogP contribution in [0.4, 0.5) is 0 Å². The van der Waals surface area contributed by atoms with Crippen LogP contribution in [0.1, 0.15) is 12.8 Å². The predicted molar refractivity (Wildman–Crippen MR) is 46.9 cm³/mol. The number of aliphatic hydroxyl groups excluding tert-OH is 1. The largest absolute Gasteiger partial charge is 0.391 e. The minimum absolute atomic E-state index is 0.0440. The van der Waals surface area contributed by atoms with Crippen LogP contribution < -0.4 is 5.73 Å². The summed E-state index contributed by atoms with van der Waals surface area (Å²) in [7, 11) is 3.25. The van der Waals surface area contributed by atoms with Gasteiger partial charge in [-0.05, 0) is 12.8 Å². The Kier molecular flexibility index (Phi) is 2.11. The Hall–Kier alpha value is -0.160. The van der Waals surface area contributed by atoms with Crippen LogP contribution in [0, 0.1) is 11.8 Å². The van der Waals surface area contributed by atoms with E-state index in [9.17, 15) is 5.11 Å². The number of nitrogens with two attached hydrogens (primary N) is 1. The summed E-state index contributed by atoms with van der Waals surface area (Å²) in [6, 6.07) is -0.196. The fourth-order valence-electron chi connectivity index (χ4n) is 3.10. The summed E-state index contributed by atoms with van der Waals surface area (Å²) in [5.74, 6) is -0.441. The summed E-state index contributed by atoms with van der Waals surface area (Å²) < 4.78 is 10.8. The summed E-state index contributed by atoms with van der Waals surface area (Å²) in [4.78, 5) is 0. The molecule has 2 saturated carbocycles. The zero-order valence-electron chi connectivity index (χ0n) is 8.06. The summed E-state index contributed by atoms with van der Waals surface area (Å²) in [6.45, 7) is 0. The third-order valence-corrected chi connectivity index (χ3v) is 3.73. The van der Waals surface area contributed by atoms with E-state index in [1.807, 2.05) is 0 Å². The van der Waals surface area contributed by atoms with Gasteiger partial charge in [-0.1, -0.05) is 0 Å². The van der Waals surface area contributed by atoms with Gasteiger partial charge in [0.25, 0.3) is 0 Å². The highest BCUT2D eigenvalue weighted by Crippen LogP contribution is 2.53. The topological polar surface area (TPSA) is 64.7 Å². The first-order valence-electron chi connectivity index (χ1n) is 4.71. The normalized spacial score (nSPS) is 47.1. The minimum Gasteiger partial charge on any atom is -0.391 e. The van der Waals surface area contributed by atoms with E-state index in [2.05, 4.69) is 0 Å². The van der Waals surface area contributed by atoms with Gasteiger partial charge in [-0.3, -0.25) is 0 Å². The van der Waals surface area contributed by atoms with Crippen LogP contribution in [0.25, 0.3) is 0 Å². The summed E-state index contributed by atoms with van der Waals surface area (Å²) in [5, 5.41) is 9.80. The third kappa shape index (κ3) is 0.944. The molecule has 0 aromatic carbocycles. The van der Waals surface area contributed by atoms with Crippen LogP contribution >= 0.6 is 0 Å². The van der Waals surface area contributed by atoms with Crippen LogP contribution in [0.5, 0.6) is 0 Å². The number of hydrogen-bond acceptors (Lipinski definition) is 4. The zero-order valence-corrected chi connectivity index (χ0v) is 8.06. The molecule has 0 saturated heterocycles. The first kappa shape index (κ1) is 9.40. The molecule has 2 fully saturated rings. The molecular weight excluding hydrogens is 170 g/mol. The molecule has 0 aromatic rings. The monoisotopic (exact) mass is 187 g/mol. The molecule has 4 atom stereocenters. The number of rotatable bonds is 2. The molecule has 2 aliphatic carbocycles. The lowest BCUT2D eigenvalue weighted by Crippen LogP contribution is -2.42. The maximum Gasteiger partial charge on any atom is 0.177 e. The van der Waals surface area contributed by atoms with E-state index >= 15 is 0 Å². The van der Waals surface area contributed by atoms with E-state index in [0.29, 0.717) is 0 Å². The summed E-state index contributed by atoms with van der Waals surface area (Å²) in [6.07, 6.45) is 1.46. The van der Waals surface area contributed by atoms with Gasteiger partial charge in [0.05, 0.1) is 6.10 Å². The van der Waals surface area contributed by atoms with Crippen molar-refractivity contribution in [3.63, 3.8) is 0 Å². The first-order valence-corrected chi connectivity index (χ1v) is 4.71. The average Bonchev–Trinajstić information content (AvgIpc) is 2.61. The van der Waals surface area contributed by atoms with Gasteiger partial charge < -0.3 is 20.3 Å². The molecule has 3 N–H and O–H groups in total. The lowest BCUT2D eigenvalue weighted by molar-refractivity contribution is -0.239. The van der Waals surface area contributed by atoms with Crippen LogP contribution in [0.15, 0.2) is 0 Å². The van der Waals surface area contributed by atoms with Crippen LogP contribution in [-0.2, 0) is 9.47 Å². The van der Waals surface area contributed by atoms with Crippen LogP contribution in [0.3, 0.4) is 0 Å². The van der Waals surface area contributed by atoms with Gasteiger partial charge in [0, 0.05) is 32.1 Å². The Morgan fingerprint density at radius 3 is 2.08 bits per heavy atom. The molecule has 13 heavy (non-hydrogen) atoms. The van der Waals surface area contributed by atoms with Gasteiger partial charge in [-0.2, -0.15) is 0 Å². The minimum atomic E-state index is -0.626. The Morgan fingerprint density at radius 1 is 1.23 bits per heavy atom. The Bertz CT molecular complexity index is 187. The van der Waals surface area contributed by atoms with Crippen molar-refractivity contribution in [1.29, 1.82) is 0 Å². The van der Waals surface area contributed by atoms with E-state index < -0.39 is 11.9 Å². The number of fused-ring (bicyclic) bond motifs is 2. The van der Waals surface area contributed by atoms with Crippen LogP contribution in [-0.4, -0.2) is 37.3 Å². The quantitative estimate of drug-likeness (QED) is 0.583. The third-order valence-electron chi connectivity index (χ3n) is 3.73. The van der Waals surface area contributed by atoms with E-state index in [1.165, 1.54) is 0 Å². The highest BCUT2D eigenvalue weighted by molar-refractivity contribution is 5.10. The van der Waals surface area contributed by atoms with Crippen molar-refractivity contribution >= 4 is 0 Å². The fourth-order valence-corrected chi connectivity index (χ4v) is 3.10. The molecule has 0 heterocycles. The molecule has 0 amide bonds. The molecule has 0 aliphatic heterocycles. The van der Waals surface area contributed by atoms with Gasteiger partial charge >= 0.3 is 0 Å². The van der Waals surface area contributed by atoms with Crippen molar-refractivity contribution < 1.29 is 14.6 Å². The molecular formula is C9H17NO3. The van der Waals surface area contributed by atoms with Gasteiger partial charge in [-0.25, -0.2) is 0 Å². The molecule has 2 aliphatic rings. The molecule has 4 unspecified atom stereocenters. The van der Waals surface area contributed by atoms with Crippen molar-refractivity contribution in [2.75, 3.05) is 14.2 Å². The molecule has 0 aromatic heterocycles. The van der Waals surface area contributed by atoms with Crippen molar-refractivity contribution in [3.05, 3.63) is 0 Å². The second-order valence-electron chi connectivity index (χ2n) is 3.99. The molecule has 0 radical (unpaired) electrons. The second kappa shape index (κ2) is 2.92. The zero-order chi connectivity index (χ0) is 9.64. The van der Waals surface area contributed by atoms with Crippen LogP contribution in [0.2, 0.25) is 0 Å². The average molecular weight is 187 g/mol. The molecule has 2 bridgehead atoms.